The number of pyridine rings is 3. The van der Waals surface area contributed by atoms with E-state index >= 15 is 0 Å². The van der Waals surface area contributed by atoms with Crippen molar-refractivity contribution in [1.82, 2.24) is 20.3 Å². The predicted molar refractivity (Wildman–Crippen MR) is 280 cm³/mol. The van der Waals surface area contributed by atoms with E-state index in [1.807, 2.05) is 27.7 Å². The van der Waals surface area contributed by atoms with E-state index in [9.17, 15) is 53.9 Å². The number of carboxylic acids is 1. The van der Waals surface area contributed by atoms with Gasteiger partial charge in [-0.2, -0.15) is 39.5 Å². The van der Waals surface area contributed by atoms with Gasteiger partial charge >= 0.3 is 30.5 Å². The number of fused-ring (bicyclic) bond motifs is 3. The van der Waals surface area contributed by atoms with Crippen molar-refractivity contribution >= 4 is 50.2 Å². The van der Waals surface area contributed by atoms with Crippen LogP contribution in [-0.4, -0.2) is 57.1 Å². The number of carbonyl (C=O) groups is 3. The van der Waals surface area contributed by atoms with Crippen molar-refractivity contribution in [3.05, 3.63) is 198 Å². The zero-order valence-corrected chi connectivity index (χ0v) is 42.9. The van der Waals surface area contributed by atoms with Crippen LogP contribution in [0.2, 0.25) is 0 Å². The van der Waals surface area contributed by atoms with Gasteiger partial charge in [0.05, 0.1) is 34.9 Å². The van der Waals surface area contributed by atoms with Gasteiger partial charge in [0, 0.05) is 46.4 Å². The second-order valence-electron chi connectivity index (χ2n) is 17.7. The second-order valence-corrected chi connectivity index (χ2v) is 17.7. The summed E-state index contributed by atoms with van der Waals surface area (Å²) in [7, 11) is 1.29. The van der Waals surface area contributed by atoms with E-state index < -0.39 is 47.2 Å². The summed E-state index contributed by atoms with van der Waals surface area (Å²) >= 11 is 0. The summed E-state index contributed by atoms with van der Waals surface area (Å²) in [6.45, 7) is 7.64. The highest BCUT2D eigenvalue weighted by atomic mass is 19.4. The van der Waals surface area contributed by atoms with Crippen molar-refractivity contribution in [2.45, 2.75) is 58.3 Å². The molecular weight excluding hydrogens is 1070 g/mol. The number of nitrogens with zero attached hydrogens (tertiary/aromatic N) is 3. The van der Waals surface area contributed by atoms with Crippen LogP contribution in [0.3, 0.4) is 0 Å². The molecule has 0 atom stereocenters. The number of hydrogen-bond donors (Lipinski definition) is 3. The minimum atomic E-state index is -4.41. The molecule has 6 aromatic carbocycles. The summed E-state index contributed by atoms with van der Waals surface area (Å²) in [4.78, 5) is 47.0. The number of aromatic carboxylic acids is 1. The lowest BCUT2D eigenvalue weighted by molar-refractivity contribution is -0.138. The Balaban J connectivity index is 0.000000187. The summed E-state index contributed by atoms with van der Waals surface area (Å²) in [5.41, 5.74) is 3.83. The van der Waals surface area contributed by atoms with Crippen LogP contribution in [0.1, 0.15) is 75.5 Å². The van der Waals surface area contributed by atoms with Crippen LogP contribution in [0.4, 0.5) is 39.5 Å². The van der Waals surface area contributed by atoms with Crippen LogP contribution in [0.25, 0.3) is 32.3 Å². The normalized spacial score (nSPS) is 11.4. The number of methoxy groups -OCH3 is 1. The molecule has 0 unspecified atom stereocenters. The van der Waals surface area contributed by atoms with Crippen LogP contribution in [0.15, 0.2) is 164 Å². The van der Waals surface area contributed by atoms with Gasteiger partial charge in [-0.05, 0) is 182 Å². The number of hydrogen-bond acceptors (Lipinski definition) is 11. The van der Waals surface area contributed by atoms with Crippen LogP contribution < -0.4 is 25.3 Å². The fourth-order valence-corrected chi connectivity index (χ4v) is 7.03. The molecule has 0 aliphatic rings. The highest BCUT2D eigenvalue weighted by molar-refractivity contribution is 6.00. The molecule has 80 heavy (non-hydrogen) atoms. The number of halogens is 9. The van der Waals surface area contributed by atoms with E-state index in [1.54, 1.807) is 60.7 Å². The molecule has 22 heteroatoms. The van der Waals surface area contributed by atoms with Gasteiger partial charge in [0.1, 0.15) is 17.2 Å². The first kappa shape index (κ1) is 59.9. The molecule has 3 heterocycles. The lowest BCUT2D eigenvalue weighted by Crippen LogP contribution is -2.29. The fraction of sp³-hybridized carbons (Fsp3) is 0.172. The van der Waals surface area contributed by atoms with Gasteiger partial charge < -0.3 is 35.1 Å². The smallest absolute Gasteiger partial charge is 0.416 e. The lowest BCUT2D eigenvalue weighted by atomic mass is 10.1. The Kier molecular flexibility index (Phi) is 19.4. The molecule has 13 nitrogen and oxygen atoms in total. The Hall–Kier alpha value is -9.31. The zero-order valence-electron chi connectivity index (χ0n) is 42.9. The van der Waals surface area contributed by atoms with Crippen molar-refractivity contribution in [2.75, 3.05) is 7.11 Å². The molecule has 0 fully saturated rings. The van der Waals surface area contributed by atoms with Crippen LogP contribution in [-0.2, 0) is 23.3 Å². The standard InChI is InChI=1S/C20H17F3N2O2.C18H12F3NO3.C17H10F3NO3.C3H9N/c1-12(2)25-18(26)14-3-8-17-13(11-14)9-10-24-19(17)27-16-6-4-15(5-7-16)20(21,22)23;1-24-17(23)12-2-7-15-11(10-12)8-9-22-16(15)25-14-5-3-13(4-6-14)18(19,20)21;18-17(19,20)12-2-4-13(5-3-12)24-15-14-6-1-11(16(22)23)9-10(14)7-8-21-15;1-3(2)4/h3-12H,1-2H3,(H,25,26);2-10H,1H3;1-9H,(H,22,23);3H,4H2,1-2H3. The third-order valence-electron chi connectivity index (χ3n) is 10.7. The van der Waals surface area contributed by atoms with Gasteiger partial charge in [-0.1, -0.05) is 13.8 Å². The molecule has 0 radical (unpaired) electrons. The molecule has 9 rings (SSSR count). The van der Waals surface area contributed by atoms with Gasteiger partial charge in [-0.25, -0.2) is 24.5 Å². The van der Waals surface area contributed by atoms with Crippen molar-refractivity contribution in [3.8, 4) is 34.9 Å². The van der Waals surface area contributed by atoms with E-state index in [1.165, 1.54) is 74.2 Å². The van der Waals surface area contributed by atoms with E-state index in [0.717, 1.165) is 41.8 Å². The van der Waals surface area contributed by atoms with Gasteiger partial charge in [0.15, 0.2) is 0 Å². The molecule has 0 bridgehead atoms. The quantitative estimate of drug-likeness (QED) is 0.0871. The number of benzene rings is 6. The molecule has 3 aromatic heterocycles. The van der Waals surface area contributed by atoms with E-state index in [-0.39, 0.29) is 52.4 Å². The Morgan fingerprint density at radius 3 is 1.07 bits per heavy atom. The molecule has 4 N–H and O–H groups in total. The first-order valence-electron chi connectivity index (χ1n) is 23.8. The van der Waals surface area contributed by atoms with Gasteiger partial charge in [0.2, 0.25) is 17.6 Å². The van der Waals surface area contributed by atoms with Gasteiger partial charge in [-0.15, -0.1) is 0 Å². The Morgan fingerprint density at radius 1 is 0.475 bits per heavy atom. The van der Waals surface area contributed by atoms with Crippen molar-refractivity contribution in [3.63, 3.8) is 0 Å². The van der Waals surface area contributed by atoms with Crippen molar-refractivity contribution in [1.29, 1.82) is 0 Å². The van der Waals surface area contributed by atoms with Crippen molar-refractivity contribution in [2.24, 2.45) is 5.73 Å². The van der Waals surface area contributed by atoms with E-state index in [0.29, 0.717) is 44.1 Å². The molecule has 0 aliphatic carbocycles. The number of esters is 1. The van der Waals surface area contributed by atoms with Crippen LogP contribution in [0, 0.1) is 0 Å². The molecule has 416 valence electrons. The maximum atomic E-state index is 12.7. The lowest BCUT2D eigenvalue weighted by Gasteiger charge is -2.11. The molecule has 0 aliphatic heterocycles. The Bertz CT molecular complexity index is 3590. The third-order valence-corrected chi connectivity index (χ3v) is 10.7. The summed E-state index contributed by atoms with van der Waals surface area (Å²) < 4.78 is 135. The van der Waals surface area contributed by atoms with Gasteiger partial charge in [-0.3, -0.25) is 4.79 Å². The van der Waals surface area contributed by atoms with Gasteiger partial charge in [0.25, 0.3) is 5.91 Å². The third kappa shape index (κ3) is 16.6. The fourth-order valence-electron chi connectivity index (χ4n) is 7.03. The monoisotopic (exact) mass is 1110 g/mol. The maximum absolute atomic E-state index is 12.7. The average Bonchev–Trinajstić information content (AvgIpc) is 3.46. The maximum Gasteiger partial charge on any atom is 0.416 e. The topological polar surface area (TPSA) is 185 Å². The van der Waals surface area contributed by atoms with Crippen LogP contribution in [0.5, 0.6) is 34.9 Å². The Labute approximate surface area is 450 Å². The number of nitrogens with one attached hydrogen (secondary N) is 1. The number of carbonyl (C=O) groups excluding carboxylic acids is 2. The molecule has 0 saturated carbocycles. The first-order valence-corrected chi connectivity index (χ1v) is 23.8. The number of ether oxygens (including phenoxy) is 4. The first-order chi connectivity index (χ1) is 37.7. The second kappa shape index (κ2) is 25.9. The number of nitrogens with two attached hydrogens (primary N) is 1. The minimum Gasteiger partial charge on any atom is -0.478 e. The Morgan fingerprint density at radius 2 is 0.775 bits per heavy atom. The SMILES string of the molecule is CC(C)N.CC(C)NC(=O)c1ccc2c(Oc3ccc(C(F)(F)F)cc3)nccc2c1.COC(=O)c1ccc2c(Oc3ccc(C(F)(F)F)cc3)nccc2c1.O=C(O)c1ccc2c(Oc3ccc(C(F)(F)F)cc3)nccc2c1. The number of rotatable bonds is 10. The molecular formula is C58H48F9N5O8. The zero-order chi connectivity index (χ0) is 58.5. The van der Waals surface area contributed by atoms with Crippen molar-refractivity contribution < 1.29 is 78.0 Å². The summed E-state index contributed by atoms with van der Waals surface area (Å²) in [5, 5.41) is 15.7. The molecule has 9 aromatic rings. The average molecular weight is 1110 g/mol. The molecule has 0 saturated heterocycles. The summed E-state index contributed by atoms with van der Waals surface area (Å²) in [5.74, 6) is -0.377. The predicted octanol–water partition coefficient (Wildman–Crippen LogP) is 15.1. The number of alkyl halides is 9. The summed E-state index contributed by atoms with van der Waals surface area (Å²) in [6, 6.07) is 32.7. The van der Waals surface area contributed by atoms with E-state index in [2.05, 4.69) is 25.0 Å². The van der Waals surface area contributed by atoms with E-state index in [4.69, 9.17) is 25.1 Å². The highest BCUT2D eigenvalue weighted by Gasteiger charge is 2.32. The highest BCUT2D eigenvalue weighted by Crippen LogP contribution is 2.36. The number of carboxylic acid groups (broad SMARTS) is 1. The number of aromatic nitrogens is 3. The number of amides is 1. The minimum absolute atomic E-state index is 0.0178. The molecule has 1 amide bonds. The summed E-state index contributed by atoms with van der Waals surface area (Å²) in [6.07, 6.45) is -8.77. The largest absolute Gasteiger partial charge is 0.478 e. The molecule has 0 spiro atoms. The van der Waals surface area contributed by atoms with Crippen LogP contribution >= 0.6 is 0 Å².